The SMILES string of the molecule is NC1(CC(=O)NCC2CCCCC2CO)CCC1. The summed E-state index contributed by atoms with van der Waals surface area (Å²) >= 11 is 0. The van der Waals surface area contributed by atoms with E-state index in [-0.39, 0.29) is 18.1 Å². The molecule has 18 heavy (non-hydrogen) atoms. The smallest absolute Gasteiger partial charge is 0.221 e. The van der Waals surface area contributed by atoms with Crippen LogP contribution in [0.4, 0.5) is 0 Å². The van der Waals surface area contributed by atoms with Crippen molar-refractivity contribution in [3.63, 3.8) is 0 Å². The number of nitrogens with one attached hydrogen (secondary N) is 1. The molecule has 2 aliphatic rings. The highest BCUT2D eigenvalue weighted by Crippen LogP contribution is 2.32. The van der Waals surface area contributed by atoms with E-state index in [1.807, 2.05) is 0 Å². The lowest BCUT2D eigenvalue weighted by Crippen LogP contribution is -2.50. The van der Waals surface area contributed by atoms with Gasteiger partial charge in [0.15, 0.2) is 0 Å². The summed E-state index contributed by atoms with van der Waals surface area (Å²) in [5.41, 5.74) is 5.84. The van der Waals surface area contributed by atoms with E-state index < -0.39 is 0 Å². The third kappa shape index (κ3) is 3.45. The predicted molar refractivity (Wildman–Crippen MR) is 70.9 cm³/mol. The molecule has 0 heterocycles. The number of hydrogen-bond acceptors (Lipinski definition) is 3. The monoisotopic (exact) mass is 254 g/mol. The minimum Gasteiger partial charge on any atom is -0.396 e. The van der Waals surface area contributed by atoms with Crippen molar-refractivity contribution in [2.75, 3.05) is 13.2 Å². The molecule has 2 atom stereocenters. The molecule has 2 aliphatic carbocycles. The topological polar surface area (TPSA) is 75.4 Å². The fraction of sp³-hybridized carbons (Fsp3) is 0.929. The van der Waals surface area contributed by atoms with Crippen LogP contribution in [0.5, 0.6) is 0 Å². The summed E-state index contributed by atoms with van der Waals surface area (Å²) in [4.78, 5) is 11.8. The van der Waals surface area contributed by atoms with Gasteiger partial charge in [0.05, 0.1) is 0 Å². The zero-order valence-corrected chi connectivity index (χ0v) is 11.2. The minimum atomic E-state index is -0.229. The lowest BCUT2D eigenvalue weighted by atomic mass is 9.75. The first-order valence-electron chi connectivity index (χ1n) is 7.29. The van der Waals surface area contributed by atoms with Gasteiger partial charge in [-0.15, -0.1) is 0 Å². The van der Waals surface area contributed by atoms with Crippen LogP contribution >= 0.6 is 0 Å². The maximum absolute atomic E-state index is 11.8. The van der Waals surface area contributed by atoms with Crippen LogP contribution in [0.1, 0.15) is 51.4 Å². The van der Waals surface area contributed by atoms with Crippen molar-refractivity contribution in [1.29, 1.82) is 0 Å². The molecular weight excluding hydrogens is 228 g/mol. The largest absolute Gasteiger partial charge is 0.396 e. The zero-order valence-electron chi connectivity index (χ0n) is 11.2. The molecule has 4 N–H and O–H groups in total. The summed E-state index contributed by atoms with van der Waals surface area (Å²) in [6, 6.07) is 0. The molecular formula is C14H26N2O2. The number of rotatable bonds is 5. The molecule has 4 nitrogen and oxygen atoms in total. The molecule has 1 amide bonds. The van der Waals surface area contributed by atoms with E-state index >= 15 is 0 Å². The second kappa shape index (κ2) is 6.02. The van der Waals surface area contributed by atoms with Crippen LogP contribution in [0.25, 0.3) is 0 Å². The molecule has 0 aromatic rings. The second-order valence-corrected chi connectivity index (χ2v) is 6.18. The van der Waals surface area contributed by atoms with E-state index in [0.29, 0.717) is 24.8 Å². The molecule has 2 fully saturated rings. The lowest BCUT2D eigenvalue weighted by molar-refractivity contribution is -0.123. The van der Waals surface area contributed by atoms with E-state index in [9.17, 15) is 9.90 Å². The highest BCUT2D eigenvalue weighted by atomic mass is 16.3. The Balaban J connectivity index is 1.71. The van der Waals surface area contributed by atoms with E-state index in [2.05, 4.69) is 5.32 Å². The van der Waals surface area contributed by atoms with Gasteiger partial charge in [0.1, 0.15) is 0 Å². The molecule has 104 valence electrons. The molecule has 0 aromatic carbocycles. The van der Waals surface area contributed by atoms with Crippen LogP contribution in [0, 0.1) is 11.8 Å². The Morgan fingerprint density at radius 2 is 1.89 bits per heavy atom. The number of carbonyl (C=O) groups is 1. The molecule has 2 rings (SSSR count). The molecule has 0 radical (unpaired) electrons. The van der Waals surface area contributed by atoms with Crippen molar-refractivity contribution in [2.24, 2.45) is 17.6 Å². The summed E-state index contributed by atoms with van der Waals surface area (Å²) in [6.45, 7) is 0.960. The molecule has 0 aromatic heterocycles. The van der Waals surface area contributed by atoms with Crippen molar-refractivity contribution < 1.29 is 9.90 Å². The zero-order chi connectivity index (χ0) is 13.0. The van der Waals surface area contributed by atoms with Gasteiger partial charge in [-0.3, -0.25) is 4.79 Å². The quantitative estimate of drug-likeness (QED) is 0.689. The van der Waals surface area contributed by atoms with Crippen LogP contribution in [0.15, 0.2) is 0 Å². The number of aliphatic hydroxyl groups is 1. The van der Waals surface area contributed by atoms with Crippen molar-refractivity contribution in [3.8, 4) is 0 Å². The Labute approximate surface area is 109 Å². The average molecular weight is 254 g/mol. The lowest BCUT2D eigenvalue weighted by Gasteiger charge is -2.37. The third-order valence-corrected chi connectivity index (χ3v) is 4.72. The van der Waals surface area contributed by atoms with Gasteiger partial charge >= 0.3 is 0 Å². The second-order valence-electron chi connectivity index (χ2n) is 6.18. The van der Waals surface area contributed by atoms with Gasteiger partial charge < -0.3 is 16.2 Å². The Bertz CT molecular complexity index is 290. The molecule has 0 bridgehead atoms. The summed E-state index contributed by atoms with van der Waals surface area (Å²) in [6.07, 6.45) is 8.21. The Kier molecular flexibility index (Phi) is 4.62. The maximum Gasteiger partial charge on any atom is 0.221 e. The van der Waals surface area contributed by atoms with E-state index in [4.69, 9.17) is 5.73 Å². The Morgan fingerprint density at radius 1 is 1.22 bits per heavy atom. The van der Waals surface area contributed by atoms with Crippen molar-refractivity contribution in [1.82, 2.24) is 5.32 Å². The van der Waals surface area contributed by atoms with Gasteiger partial charge in [-0.2, -0.15) is 0 Å². The number of aliphatic hydroxyl groups excluding tert-OH is 1. The first kappa shape index (κ1) is 13.8. The molecule has 0 spiro atoms. The molecule has 2 unspecified atom stereocenters. The van der Waals surface area contributed by atoms with Crippen LogP contribution in [0.2, 0.25) is 0 Å². The van der Waals surface area contributed by atoms with E-state index in [1.165, 1.54) is 12.8 Å². The number of nitrogens with two attached hydrogens (primary N) is 1. The highest BCUT2D eigenvalue weighted by molar-refractivity contribution is 5.77. The van der Waals surface area contributed by atoms with Crippen molar-refractivity contribution in [3.05, 3.63) is 0 Å². The van der Waals surface area contributed by atoms with Gasteiger partial charge in [-0.05, 0) is 43.9 Å². The van der Waals surface area contributed by atoms with Crippen LogP contribution in [-0.4, -0.2) is 29.7 Å². The standard InChI is InChI=1S/C14H26N2O2/c15-14(6-3-7-14)8-13(18)16-9-11-4-1-2-5-12(11)10-17/h11-12,17H,1-10,15H2,(H,16,18). The van der Waals surface area contributed by atoms with Gasteiger partial charge in [0.2, 0.25) is 5.91 Å². The average Bonchev–Trinajstić information content (AvgIpc) is 2.34. The highest BCUT2D eigenvalue weighted by Gasteiger charge is 2.35. The number of hydrogen-bond donors (Lipinski definition) is 3. The number of amides is 1. The molecule has 0 aliphatic heterocycles. The van der Waals surface area contributed by atoms with Crippen LogP contribution in [0.3, 0.4) is 0 Å². The minimum absolute atomic E-state index is 0.0828. The normalized spacial score (nSPS) is 30.6. The maximum atomic E-state index is 11.8. The summed E-state index contributed by atoms with van der Waals surface area (Å²) < 4.78 is 0. The summed E-state index contributed by atoms with van der Waals surface area (Å²) in [5.74, 6) is 0.900. The van der Waals surface area contributed by atoms with Crippen LogP contribution < -0.4 is 11.1 Å². The number of carbonyl (C=O) groups excluding carboxylic acids is 1. The van der Waals surface area contributed by atoms with Gasteiger partial charge in [0, 0.05) is 25.1 Å². The van der Waals surface area contributed by atoms with E-state index in [1.54, 1.807) is 0 Å². The fourth-order valence-electron chi connectivity index (χ4n) is 3.23. The first-order valence-corrected chi connectivity index (χ1v) is 7.29. The van der Waals surface area contributed by atoms with Crippen molar-refractivity contribution in [2.45, 2.75) is 56.9 Å². The Hall–Kier alpha value is -0.610. The fourth-order valence-corrected chi connectivity index (χ4v) is 3.23. The summed E-state index contributed by atoms with van der Waals surface area (Å²) in [7, 11) is 0. The van der Waals surface area contributed by atoms with Crippen LogP contribution in [-0.2, 0) is 4.79 Å². The molecule has 4 heteroatoms. The first-order chi connectivity index (χ1) is 8.63. The Morgan fingerprint density at radius 3 is 2.44 bits per heavy atom. The molecule has 0 saturated heterocycles. The third-order valence-electron chi connectivity index (χ3n) is 4.72. The van der Waals surface area contributed by atoms with Gasteiger partial charge in [-0.1, -0.05) is 12.8 Å². The summed E-state index contributed by atoms with van der Waals surface area (Å²) in [5, 5.41) is 12.3. The van der Waals surface area contributed by atoms with Gasteiger partial charge in [-0.25, -0.2) is 0 Å². The van der Waals surface area contributed by atoms with Gasteiger partial charge in [0.25, 0.3) is 0 Å². The predicted octanol–water partition coefficient (Wildman–Crippen LogP) is 1.17. The van der Waals surface area contributed by atoms with E-state index in [0.717, 1.165) is 32.1 Å². The van der Waals surface area contributed by atoms with Crippen molar-refractivity contribution >= 4 is 5.91 Å². The molecule has 2 saturated carbocycles.